The van der Waals surface area contributed by atoms with Crippen LogP contribution in [-0.4, -0.2) is 27.9 Å². The number of sulfonamides is 1. The number of hydrogen-bond donors (Lipinski definition) is 1. The van der Waals surface area contributed by atoms with E-state index in [1.54, 1.807) is 6.92 Å². The molecule has 0 aromatic heterocycles. The number of benzene rings is 1. The second kappa shape index (κ2) is 6.47. The molecule has 0 aliphatic rings. The van der Waals surface area contributed by atoms with E-state index in [0.717, 1.165) is 6.07 Å². The van der Waals surface area contributed by atoms with Gasteiger partial charge >= 0.3 is 0 Å². The van der Waals surface area contributed by atoms with Crippen molar-refractivity contribution >= 4 is 21.6 Å². The van der Waals surface area contributed by atoms with Gasteiger partial charge in [0.25, 0.3) is 0 Å². The topological polar surface area (TPSA) is 55.4 Å². The molecular weight excluding hydrogens is 281 g/mol. The molecule has 1 aromatic rings. The summed E-state index contributed by atoms with van der Waals surface area (Å²) in [6.07, 6.45) is 0. The van der Waals surface area contributed by atoms with Crippen molar-refractivity contribution in [1.29, 1.82) is 0 Å². The second-order valence-corrected chi connectivity index (χ2v) is 6.10. The maximum Gasteiger partial charge on any atom is 0.214 e. The van der Waals surface area contributed by atoms with Crippen molar-refractivity contribution in [2.75, 3.05) is 19.5 Å². The molecule has 0 aliphatic carbocycles. The van der Waals surface area contributed by atoms with Gasteiger partial charge < -0.3 is 4.74 Å². The highest BCUT2D eigenvalue weighted by molar-refractivity contribution is 7.89. The Morgan fingerprint density at radius 1 is 1.50 bits per heavy atom. The van der Waals surface area contributed by atoms with Gasteiger partial charge in [-0.3, -0.25) is 0 Å². The third-order valence-electron chi connectivity index (χ3n) is 2.34. The van der Waals surface area contributed by atoms with Crippen molar-refractivity contribution in [3.63, 3.8) is 0 Å². The fraction of sp³-hybridized carbons (Fsp3) is 0.455. The normalized spacial score (nSPS) is 13.6. The highest BCUT2D eigenvalue weighted by atomic mass is 35.5. The summed E-state index contributed by atoms with van der Waals surface area (Å²) >= 11 is 5.86. The molecule has 0 amide bonds. The SMILES string of the molecule is COCCS(=O)(=O)NC(C)c1ccc(F)cc1Cl. The van der Waals surface area contributed by atoms with E-state index >= 15 is 0 Å². The predicted molar refractivity (Wildman–Crippen MR) is 68.6 cm³/mol. The lowest BCUT2D eigenvalue weighted by atomic mass is 10.1. The van der Waals surface area contributed by atoms with E-state index in [1.807, 2.05) is 0 Å². The Balaban J connectivity index is 2.79. The Labute approximate surface area is 111 Å². The van der Waals surface area contributed by atoms with Gasteiger partial charge in [0.05, 0.1) is 12.4 Å². The highest BCUT2D eigenvalue weighted by Gasteiger charge is 2.17. The summed E-state index contributed by atoms with van der Waals surface area (Å²) < 4.78 is 43.3. The van der Waals surface area contributed by atoms with Gasteiger partial charge in [-0.05, 0) is 24.6 Å². The zero-order valence-electron chi connectivity index (χ0n) is 10.1. The van der Waals surface area contributed by atoms with Gasteiger partial charge in [-0.2, -0.15) is 0 Å². The molecule has 1 unspecified atom stereocenters. The van der Waals surface area contributed by atoms with E-state index in [-0.39, 0.29) is 17.4 Å². The van der Waals surface area contributed by atoms with Crippen molar-refractivity contribution in [3.8, 4) is 0 Å². The van der Waals surface area contributed by atoms with Gasteiger partial charge in [0, 0.05) is 18.2 Å². The molecule has 0 radical (unpaired) electrons. The zero-order chi connectivity index (χ0) is 13.8. The third kappa shape index (κ3) is 4.53. The van der Waals surface area contributed by atoms with Crippen LogP contribution >= 0.6 is 11.6 Å². The molecule has 1 rings (SSSR count). The van der Waals surface area contributed by atoms with Crippen LogP contribution in [0.3, 0.4) is 0 Å². The third-order valence-corrected chi connectivity index (χ3v) is 4.09. The summed E-state index contributed by atoms with van der Waals surface area (Å²) in [6.45, 7) is 1.75. The fourth-order valence-electron chi connectivity index (χ4n) is 1.44. The van der Waals surface area contributed by atoms with Crippen LogP contribution in [0.1, 0.15) is 18.5 Å². The molecule has 1 atom stereocenters. The smallest absolute Gasteiger partial charge is 0.214 e. The summed E-state index contributed by atoms with van der Waals surface area (Å²) in [5.41, 5.74) is 0.527. The molecule has 0 fully saturated rings. The standard InChI is InChI=1S/C11H15ClFNO3S/c1-8(14-18(15,16)6-5-17-2)10-4-3-9(13)7-11(10)12/h3-4,7-8,14H,5-6H2,1-2H3. The first-order valence-corrected chi connectivity index (χ1v) is 7.32. The van der Waals surface area contributed by atoms with E-state index in [9.17, 15) is 12.8 Å². The van der Waals surface area contributed by atoms with Gasteiger partial charge in [0.1, 0.15) is 5.82 Å². The van der Waals surface area contributed by atoms with Crippen LogP contribution in [0.25, 0.3) is 0 Å². The first kappa shape index (κ1) is 15.4. The van der Waals surface area contributed by atoms with Gasteiger partial charge in [-0.25, -0.2) is 17.5 Å². The van der Waals surface area contributed by atoms with Gasteiger partial charge in [0.2, 0.25) is 10.0 Å². The maximum absolute atomic E-state index is 12.9. The lowest BCUT2D eigenvalue weighted by Gasteiger charge is -2.15. The first-order chi connectivity index (χ1) is 8.35. The number of nitrogens with one attached hydrogen (secondary N) is 1. The lowest BCUT2D eigenvalue weighted by molar-refractivity contribution is 0.216. The van der Waals surface area contributed by atoms with E-state index in [0.29, 0.717) is 5.56 Å². The molecule has 4 nitrogen and oxygen atoms in total. The molecule has 1 aromatic carbocycles. The molecule has 0 heterocycles. The van der Waals surface area contributed by atoms with E-state index in [4.69, 9.17) is 16.3 Å². The molecule has 0 spiro atoms. The van der Waals surface area contributed by atoms with Crippen LogP contribution in [-0.2, 0) is 14.8 Å². The average molecular weight is 296 g/mol. The Kier molecular flexibility index (Phi) is 5.52. The van der Waals surface area contributed by atoms with Crippen molar-refractivity contribution < 1.29 is 17.5 Å². The van der Waals surface area contributed by atoms with E-state index in [1.165, 1.54) is 19.2 Å². The summed E-state index contributed by atoms with van der Waals surface area (Å²) in [4.78, 5) is 0. The van der Waals surface area contributed by atoms with Gasteiger partial charge in [-0.15, -0.1) is 0 Å². The van der Waals surface area contributed by atoms with Crippen molar-refractivity contribution in [1.82, 2.24) is 4.72 Å². The predicted octanol–water partition coefficient (Wildman–Crippen LogP) is 2.11. The molecule has 1 N–H and O–H groups in total. The molecule has 0 saturated carbocycles. The van der Waals surface area contributed by atoms with Crippen molar-refractivity contribution in [2.24, 2.45) is 0 Å². The maximum atomic E-state index is 12.9. The Morgan fingerprint density at radius 2 is 2.17 bits per heavy atom. The monoisotopic (exact) mass is 295 g/mol. The number of rotatable bonds is 6. The largest absolute Gasteiger partial charge is 0.384 e. The molecule has 7 heteroatoms. The number of hydrogen-bond acceptors (Lipinski definition) is 3. The van der Waals surface area contributed by atoms with Crippen LogP contribution in [0.4, 0.5) is 4.39 Å². The van der Waals surface area contributed by atoms with Crippen molar-refractivity contribution in [2.45, 2.75) is 13.0 Å². The summed E-state index contributed by atoms with van der Waals surface area (Å²) in [6, 6.07) is 3.32. The molecule has 102 valence electrons. The first-order valence-electron chi connectivity index (χ1n) is 5.29. The van der Waals surface area contributed by atoms with E-state index in [2.05, 4.69) is 4.72 Å². The number of methoxy groups -OCH3 is 1. The minimum Gasteiger partial charge on any atom is -0.384 e. The second-order valence-electron chi connectivity index (χ2n) is 3.82. The van der Waals surface area contributed by atoms with E-state index < -0.39 is 21.9 Å². The zero-order valence-corrected chi connectivity index (χ0v) is 11.7. The van der Waals surface area contributed by atoms with Crippen LogP contribution < -0.4 is 4.72 Å². The Morgan fingerprint density at radius 3 is 2.72 bits per heavy atom. The Hall–Kier alpha value is -0.690. The Bertz CT molecular complexity index is 507. The summed E-state index contributed by atoms with van der Waals surface area (Å²) in [5.74, 6) is -0.592. The molecule has 0 aliphatic heterocycles. The molecule has 18 heavy (non-hydrogen) atoms. The number of halogens is 2. The van der Waals surface area contributed by atoms with Gasteiger partial charge in [-0.1, -0.05) is 17.7 Å². The van der Waals surface area contributed by atoms with Crippen LogP contribution in [0, 0.1) is 5.82 Å². The minimum absolute atomic E-state index is 0.110. The lowest BCUT2D eigenvalue weighted by Crippen LogP contribution is -2.30. The summed E-state index contributed by atoms with van der Waals surface area (Å²) in [5, 5.41) is 0.192. The molecule has 0 bridgehead atoms. The molecular formula is C11H15ClFNO3S. The van der Waals surface area contributed by atoms with Gasteiger partial charge in [0.15, 0.2) is 0 Å². The van der Waals surface area contributed by atoms with Crippen LogP contribution in [0.15, 0.2) is 18.2 Å². The fourth-order valence-corrected chi connectivity index (χ4v) is 2.94. The minimum atomic E-state index is -3.45. The molecule has 0 saturated heterocycles. The summed E-state index contributed by atoms with van der Waals surface area (Å²) in [7, 11) is -2.02. The van der Waals surface area contributed by atoms with Crippen LogP contribution in [0.5, 0.6) is 0 Å². The van der Waals surface area contributed by atoms with Crippen LogP contribution in [0.2, 0.25) is 5.02 Å². The quantitative estimate of drug-likeness (QED) is 0.874. The number of ether oxygens (including phenoxy) is 1. The van der Waals surface area contributed by atoms with Crippen molar-refractivity contribution in [3.05, 3.63) is 34.6 Å². The highest BCUT2D eigenvalue weighted by Crippen LogP contribution is 2.24. The average Bonchev–Trinajstić information content (AvgIpc) is 2.25.